The van der Waals surface area contributed by atoms with Crippen LogP contribution < -0.4 is 5.32 Å². The molecule has 1 aromatic rings. The molecule has 0 atom stereocenters. The lowest BCUT2D eigenvalue weighted by Crippen LogP contribution is -2.24. The summed E-state index contributed by atoms with van der Waals surface area (Å²) in [6.07, 6.45) is 3.85. The minimum absolute atomic E-state index is 0.0394. The zero-order valence-corrected chi connectivity index (χ0v) is 13.1. The number of benzene rings is 1. The molecule has 114 valence electrons. The Morgan fingerprint density at radius 2 is 1.95 bits per heavy atom. The van der Waals surface area contributed by atoms with Gasteiger partial charge in [-0.05, 0) is 43.9 Å². The summed E-state index contributed by atoms with van der Waals surface area (Å²) in [5.74, 6) is -0.674. The number of nitrogens with one attached hydrogen (secondary N) is 1. The molecule has 1 N–H and O–H groups in total. The molecule has 1 aliphatic rings. The predicted octanol–water partition coefficient (Wildman–Crippen LogP) is 3.63. The van der Waals surface area contributed by atoms with E-state index < -0.39 is 0 Å². The third-order valence-corrected chi connectivity index (χ3v) is 4.03. The molecule has 0 heterocycles. The average Bonchev–Trinajstić information content (AvgIpc) is 2.94. The van der Waals surface area contributed by atoms with Gasteiger partial charge in [-0.3, -0.25) is 9.59 Å². The summed E-state index contributed by atoms with van der Waals surface area (Å²) >= 11 is 6.12. The van der Waals surface area contributed by atoms with Crippen LogP contribution >= 0.6 is 11.6 Å². The Bertz CT molecular complexity index is 527. The average molecular weight is 310 g/mol. The fraction of sp³-hybridized carbons (Fsp3) is 0.500. The van der Waals surface area contributed by atoms with Crippen molar-refractivity contribution in [3.05, 3.63) is 28.3 Å². The van der Waals surface area contributed by atoms with Crippen LogP contribution in [-0.2, 0) is 14.3 Å². The van der Waals surface area contributed by atoms with Crippen LogP contribution in [0.2, 0.25) is 5.02 Å². The maximum Gasteiger partial charge on any atom is 0.309 e. The number of anilines is 1. The highest BCUT2D eigenvalue weighted by Crippen LogP contribution is 2.28. The van der Waals surface area contributed by atoms with Crippen molar-refractivity contribution in [1.29, 1.82) is 0 Å². The van der Waals surface area contributed by atoms with E-state index in [1.54, 1.807) is 6.07 Å². The Balaban J connectivity index is 1.88. The first-order chi connectivity index (χ1) is 9.97. The zero-order chi connectivity index (χ0) is 15.4. The van der Waals surface area contributed by atoms with E-state index >= 15 is 0 Å². The van der Waals surface area contributed by atoms with Gasteiger partial charge in [0.1, 0.15) is 0 Å². The molecule has 1 amide bonds. The van der Waals surface area contributed by atoms with Crippen LogP contribution in [0.1, 0.15) is 36.8 Å². The quantitative estimate of drug-likeness (QED) is 0.864. The minimum atomic E-state index is -0.366. The van der Waals surface area contributed by atoms with Crippen LogP contribution in [0.25, 0.3) is 0 Å². The fourth-order valence-electron chi connectivity index (χ4n) is 2.67. The van der Waals surface area contributed by atoms with Gasteiger partial charge in [0, 0.05) is 0 Å². The lowest BCUT2D eigenvalue weighted by Gasteiger charge is -2.13. The molecule has 1 aliphatic carbocycles. The number of amides is 1. The largest absolute Gasteiger partial charge is 0.455 e. The van der Waals surface area contributed by atoms with Crippen LogP contribution in [-0.4, -0.2) is 18.5 Å². The second-order valence-electron chi connectivity index (χ2n) is 5.58. The van der Waals surface area contributed by atoms with Crippen LogP contribution in [0.4, 0.5) is 5.69 Å². The van der Waals surface area contributed by atoms with E-state index in [0.717, 1.165) is 36.8 Å². The second-order valence-corrected chi connectivity index (χ2v) is 5.98. The maximum absolute atomic E-state index is 11.9. The van der Waals surface area contributed by atoms with Crippen molar-refractivity contribution in [2.24, 2.45) is 5.92 Å². The number of hydrogen-bond acceptors (Lipinski definition) is 3. The van der Waals surface area contributed by atoms with Gasteiger partial charge in [0.15, 0.2) is 6.61 Å². The standard InChI is InChI=1S/C16H20ClNO3/c1-10-7-11(2)15(13(17)8-10)18-14(19)9-21-16(20)12-5-3-4-6-12/h7-8,12H,3-6,9H2,1-2H3,(H,18,19). The fourth-order valence-corrected chi connectivity index (χ4v) is 3.03. The molecular weight excluding hydrogens is 290 g/mol. The summed E-state index contributed by atoms with van der Waals surface area (Å²) in [5, 5.41) is 3.19. The van der Waals surface area contributed by atoms with Crippen molar-refractivity contribution in [1.82, 2.24) is 0 Å². The third kappa shape index (κ3) is 4.21. The topological polar surface area (TPSA) is 55.4 Å². The van der Waals surface area contributed by atoms with Gasteiger partial charge in [-0.15, -0.1) is 0 Å². The van der Waals surface area contributed by atoms with Gasteiger partial charge < -0.3 is 10.1 Å². The molecule has 0 saturated heterocycles. The summed E-state index contributed by atoms with van der Waals surface area (Å²) in [6.45, 7) is 3.55. The second kappa shape index (κ2) is 6.94. The maximum atomic E-state index is 11.9. The first-order valence-electron chi connectivity index (χ1n) is 7.20. The summed E-state index contributed by atoms with van der Waals surface area (Å²) in [5.41, 5.74) is 2.49. The number of carbonyl (C=O) groups is 2. The Morgan fingerprint density at radius 1 is 1.29 bits per heavy atom. The molecule has 0 bridgehead atoms. The predicted molar refractivity (Wildman–Crippen MR) is 82.5 cm³/mol. The van der Waals surface area contributed by atoms with Gasteiger partial charge in [0.2, 0.25) is 0 Å². The number of rotatable bonds is 4. The van der Waals surface area contributed by atoms with E-state index in [4.69, 9.17) is 16.3 Å². The molecular formula is C16H20ClNO3. The van der Waals surface area contributed by atoms with E-state index in [0.29, 0.717) is 10.7 Å². The van der Waals surface area contributed by atoms with Crippen molar-refractivity contribution in [3.8, 4) is 0 Å². The molecule has 0 aliphatic heterocycles. The van der Waals surface area contributed by atoms with Crippen LogP contribution in [0, 0.1) is 19.8 Å². The number of carbonyl (C=O) groups excluding carboxylic acids is 2. The normalized spacial score (nSPS) is 15.0. The highest BCUT2D eigenvalue weighted by molar-refractivity contribution is 6.34. The number of hydrogen-bond donors (Lipinski definition) is 1. The molecule has 1 aromatic carbocycles. The molecule has 0 aromatic heterocycles. The van der Waals surface area contributed by atoms with Gasteiger partial charge in [-0.25, -0.2) is 0 Å². The molecule has 21 heavy (non-hydrogen) atoms. The van der Waals surface area contributed by atoms with Crippen molar-refractivity contribution in [3.63, 3.8) is 0 Å². The smallest absolute Gasteiger partial charge is 0.309 e. The highest BCUT2D eigenvalue weighted by atomic mass is 35.5. The zero-order valence-electron chi connectivity index (χ0n) is 12.4. The van der Waals surface area contributed by atoms with Gasteiger partial charge in [-0.2, -0.15) is 0 Å². The van der Waals surface area contributed by atoms with Crippen LogP contribution in [0.15, 0.2) is 12.1 Å². The van der Waals surface area contributed by atoms with Gasteiger partial charge in [0.05, 0.1) is 16.6 Å². The molecule has 1 fully saturated rings. The summed E-state index contributed by atoms with van der Waals surface area (Å²) in [4.78, 5) is 23.6. The number of ether oxygens (including phenoxy) is 1. The third-order valence-electron chi connectivity index (χ3n) is 3.73. The first-order valence-corrected chi connectivity index (χ1v) is 7.58. The Morgan fingerprint density at radius 3 is 2.57 bits per heavy atom. The highest BCUT2D eigenvalue weighted by Gasteiger charge is 2.24. The summed E-state index contributed by atoms with van der Waals surface area (Å²) in [7, 11) is 0. The van der Waals surface area contributed by atoms with E-state index in [1.165, 1.54) is 0 Å². The van der Waals surface area contributed by atoms with Crippen LogP contribution in [0.5, 0.6) is 0 Å². The van der Waals surface area contributed by atoms with Crippen molar-refractivity contribution < 1.29 is 14.3 Å². The lowest BCUT2D eigenvalue weighted by molar-refractivity contribution is -0.151. The van der Waals surface area contributed by atoms with E-state index in [9.17, 15) is 9.59 Å². The van der Waals surface area contributed by atoms with Crippen molar-refractivity contribution in [2.45, 2.75) is 39.5 Å². The van der Waals surface area contributed by atoms with Crippen molar-refractivity contribution in [2.75, 3.05) is 11.9 Å². The molecule has 0 unspecified atom stereocenters. The lowest BCUT2D eigenvalue weighted by atomic mass is 10.1. The molecule has 1 saturated carbocycles. The minimum Gasteiger partial charge on any atom is -0.455 e. The SMILES string of the molecule is Cc1cc(C)c(NC(=O)COC(=O)C2CCCC2)c(Cl)c1. The number of aryl methyl sites for hydroxylation is 2. The van der Waals surface area contributed by atoms with E-state index in [2.05, 4.69) is 5.32 Å². The molecule has 5 heteroatoms. The first kappa shape index (κ1) is 15.8. The van der Waals surface area contributed by atoms with Gasteiger partial charge >= 0.3 is 5.97 Å². The Kier molecular flexibility index (Phi) is 5.23. The Labute approximate surface area is 129 Å². The Hall–Kier alpha value is -1.55. The summed E-state index contributed by atoms with van der Waals surface area (Å²) in [6, 6.07) is 3.72. The monoisotopic (exact) mass is 309 g/mol. The van der Waals surface area contributed by atoms with E-state index in [1.807, 2.05) is 19.9 Å². The van der Waals surface area contributed by atoms with Gasteiger partial charge in [0.25, 0.3) is 5.91 Å². The molecule has 0 spiro atoms. The van der Waals surface area contributed by atoms with Gasteiger partial charge in [-0.1, -0.05) is 30.5 Å². The molecule has 4 nitrogen and oxygen atoms in total. The molecule has 0 radical (unpaired) electrons. The number of esters is 1. The van der Waals surface area contributed by atoms with Crippen LogP contribution in [0.3, 0.4) is 0 Å². The van der Waals surface area contributed by atoms with Crippen molar-refractivity contribution >= 4 is 29.2 Å². The number of halogens is 1. The van der Waals surface area contributed by atoms with E-state index in [-0.39, 0.29) is 24.4 Å². The molecule has 2 rings (SSSR count). The summed E-state index contributed by atoms with van der Waals surface area (Å²) < 4.78 is 5.07.